The fourth-order valence-electron chi connectivity index (χ4n) is 3.64. The van der Waals surface area contributed by atoms with Crippen molar-refractivity contribution in [3.05, 3.63) is 59.7 Å². The standard InChI is InChI=1S/C28H40N2O8S/c1-5-35-15-21(31)17-37-23-11-7-19(8-12-23)27(3,25(29)33)39-28(4,26(30)34)20-9-13-24(14-10-20)38-18-22(32)16-36-6-2/h7-14,21-22,31-32H,5-6,15-18H2,1-4H3,(H2,29,33)(H2,30,34). The predicted octanol–water partition coefficient (Wildman–Crippen LogP) is 2.07. The molecule has 0 saturated carbocycles. The lowest BCUT2D eigenvalue weighted by molar-refractivity contribution is -0.120. The van der Waals surface area contributed by atoms with Crippen LogP contribution in [0.1, 0.15) is 38.8 Å². The summed E-state index contributed by atoms with van der Waals surface area (Å²) in [7, 11) is 0. The van der Waals surface area contributed by atoms with Gasteiger partial charge in [0.1, 0.15) is 46.4 Å². The van der Waals surface area contributed by atoms with Crippen LogP contribution in [-0.4, -0.2) is 73.9 Å². The monoisotopic (exact) mass is 564 g/mol. The van der Waals surface area contributed by atoms with Crippen LogP contribution in [0.4, 0.5) is 0 Å². The van der Waals surface area contributed by atoms with E-state index < -0.39 is 33.5 Å². The number of nitrogens with two attached hydrogens (primary N) is 2. The van der Waals surface area contributed by atoms with E-state index in [0.29, 0.717) is 35.8 Å². The third-order valence-corrected chi connectivity index (χ3v) is 7.76. The minimum atomic E-state index is -1.32. The Hall–Kier alpha value is -2.83. The molecule has 0 bridgehead atoms. The molecule has 2 aromatic carbocycles. The average Bonchev–Trinajstić information content (AvgIpc) is 2.92. The smallest absolute Gasteiger partial charge is 0.237 e. The van der Waals surface area contributed by atoms with E-state index in [1.54, 1.807) is 62.4 Å². The van der Waals surface area contributed by atoms with E-state index in [4.69, 9.17) is 30.4 Å². The zero-order chi connectivity index (χ0) is 29.1. The lowest BCUT2D eigenvalue weighted by Crippen LogP contribution is -2.44. The summed E-state index contributed by atoms with van der Waals surface area (Å²) in [6, 6.07) is 13.4. The Morgan fingerprint density at radius 2 is 1.05 bits per heavy atom. The molecule has 6 N–H and O–H groups in total. The zero-order valence-electron chi connectivity index (χ0n) is 22.9. The van der Waals surface area contributed by atoms with Gasteiger partial charge < -0.3 is 40.6 Å². The highest BCUT2D eigenvalue weighted by atomic mass is 32.2. The van der Waals surface area contributed by atoms with Crippen molar-refractivity contribution in [3.63, 3.8) is 0 Å². The molecule has 4 atom stereocenters. The second-order valence-corrected chi connectivity index (χ2v) is 11.0. The molecule has 0 heterocycles. The molecule has 0 saturated heterocycles. The van der Waals surface area contributed by atoms with Crippen molar-refractivity contribution in [3.8, 4) is 11.5 Å². The topological polar surface area (TPSA) is 164 Å². The van der Waals surface area contributed by atoms with E-state index in [1.807, 2.05) is 13.8 Å². The average molecular weight is 565 g/mol. The molecule has 0 aliphatic rings. The number of hydrogen-bond acceptors (Lipinski definition) is 9. The number of carbonyl (C=O) groups is 2. The Morgan fingerprint density at radius 3 is 1.33 bits per heavy atom. The van der Waals surface area contributed by atoms with Crippen molar-refractivity contribution in [2.45, 2.75) is 49.4 Å². The van der Waals surface area contributed by atoms with Gasteiger partial charge in [-0.15, -0.1) is 11.8 Å². The lowest BCUT2D eigenvalue weighted by atomic mass is 9.98. The molecule has 0 spiro atoms. The summed E-state index contributed by atoms with van der Waals surface area (Å²) < 4.78 is 18.9. The molecule has 0 radical (unpaired) electrons. The maximum absolute atomic E-state index is 12.7. The van der Waals surface area contributed by atoms with Gasteiger partial charge in [0.25, 0.3) is 0 Å². The molecule has 39 heavy (non-hydrogen) atoms. The van der Waals surface area contributed by atoms with Gasteiger partial charge in [0.15, 0.2) is 0 Å². The van der Waals surface area contributed by atoms with E-state index in [2.05, 4.69) is 0 Å². The van der Waals surface area contributed by atoms with Crippen LogP contribution < -0.4 is 20.9 Å². The number of ether oxygens (including phenoxy) is 4. The Labute approximate surface area is 233 Å². The molecule has 10 nitrogen and oxygen atoms in total. The van der Waals surface area contributed by atoms with Gasteiger partial charge in [-0.2, -0.15) is 0 Å². The normalized spacial score (nSPS) is 15.9. The summed E-state index contributed by atoms with van der Waals surface area (Å²) in [4.78, 5) is 25.5. The molecule has 2 aromatic rings. The molecular weight excluding hydrogens is 524 g/mol. The van der Waals surface area contributed by atoms with Crippen LogP contribution in [-0.2, 0) is 28.6 Å². The number of benzene rings is 2. The first-order chi connectivity index (χ1) is 18.5. The maximum Gasteiger partial charge on any atom is 0.237 e. The molecule has 0 aliphatic heterocycles. The van der Waals surface area contributed by atoms with Gasteiger partial charge in [0.05, 0.1) is 13.2 Å². The van der Waals surface area contributed by atoms with E-state index in [1.165, 1.54) is 0 Å². The number of aliphatic hydroxyl groups is 2. The van der Waals surface area contributed by atoms with Crippen LogP contribution >= 0.6 is 11.8 Å². The minimum absolute atomic E-state index is 0.0477. The highest BCUT2D eigenvalue weighted by Crippen LogP contribution is 2.49. The molecule has 216 valence electrons. The molecule has 0 aliphatic carbocycles. The van der Waals surface area contributed by atoms with E-state index in [9.17, 15) is 19.8 Å². The summed E-state index contributed by atoms with van der Waals surface area (Å²) in [5, 5.41) is 19.8. The number of primary amides is 2. The van der Waals surface area contributed by atoms with Gasteiger partial charge in [-0.25, -0.2) is 0 Å². The molecular formula is C28H40N2O8S. The third-order valence-electron chi connectivity index (χ3n) is 6.07. The number of rotatable bonds is 18. The number of carbonyl (C=O) groups excluding carboxylic acids is 2. The third kappa shape index (κ3) is 9.11. The number of aliphatic hydroxyl groups excluding tert-OH is 2. The van der Waals surface area contributed by atoms with Crippen LogP contribution in [0.3, 0.4) is 0 Å². The Morgan fingerprint density at radius 1 is 0.718 bits per heavy atom. The molecule has 11 heteroatoms. The first-order valence-corrected chi connectivity index (χ1v) is 13.6. The fourth-order valence-corrected chi connectivity index (χ4v) is 5.16. The molecule has 4 unspecified atom stereocenters. The highest BCUT2D eigenvalue weighted by Gasteiger charge is 2.46. The van der Waals surface area contributed by atoms with Crippen LogP contribution in [0.25, 0.3) is 0 Å². The number of hydrogen-bond donors (Lipinski definition) is 4. The van der Waals surface area contributed by atoms with Crippen molar-refractivity contribution >= 4 is 23.6 Å². The largest absolute Gasteiger partial charge is 0.491 e. The number of thioether (sulfide) groups is 1. The first-order valence-electron chi connectivity index (χ1n) is 12.7. The maximum atomic E-state index is 12.7. The van der Waals surface area contributed by atoms with Crippen LogP contribution in [0, 0.1) is 0 Å². The van der Waals surface area contributed by atoms with Crippen LogP contribution in [0.5, 0.6) is 11.5 Å². The first kappa shape index (κ1) is 32.4. The quantitative estimate of drug-likeness (QED) is 0.212. The summed E-state index contributed by atoms with van der Waals surface area (Å²) >= 11 is 1.04. The number of amides is 2. The Kier molecular flexibility index (Phi) is 12.5. The molecule has 0 aromatic heterocycles. The predicted molar refractivity (Wildman–Crippen MR) is 150 cm³/mol. The molecule has 2 amide bonds. The fraction of sp³-hybridized carbons (Fsp3) is 0.500. The summed E-state index contributed by atoms with van der Waals surface area (Å²) in [6.45, 7) is 8.38. The van der Waals surface area contributed by atoms with Crippen molar-refractivity contribution in [2.75, 3.05) is 39.6 Å². The Balaban J connectivity index is 2.20. The van der Waals surface area contributed by atoms with Gasteiger partial charge in [0.2, 0.25) is 11.8 Å². The van der Waals surface area contributed by atoms with Crippen molar-refractivity contribution in [1.82, 2.24) is 0 Å². The molecule has 2 rings (SSSR count). The van der Waals surface area contributed by atoms with E-state index in [-0.39, 0.29) is 26.4 Å². The summed E-state index contributed by atoms with van der Waals surface area (Å²) in [5.41, 5.74) is 12.8. The van der Waals surface area contributed by atoms with Crippen molar-refractivity contribution < 1.29 is 38.7 Å². The van der Waals surface area contributed by atoms with Crippen molar-refractivity contribution in [1.29, 1.82) is 0 Å². The summed E-state index contributed by atoms with van der Waals surface area (Å²) in [5.74, 6) is -0.315. The van der Waals surface area contributed by atoms with E-state index in [0.717, 1.165) is 11.8 Å². The van der Waals surface area contributed by atoms with E-state index >= 15 is 0 Å². The van der Waals surface area contributed by atoms with Crippen LogP contribution in [0.15, 0.2) is 48.5 Å². The summed E-state index contributed by atoms with van der Waals surface area (Å²) in [6.07, 6.45) is -1.55. The van der Waals surface area contributed by atoms with Gasteiger partial charge in [-0.05, 0) is 63.1 Å². The lowest BCUT2D eigenvalue weighted by Gasteiger charge is -2.36. The van der Waals surface area contributed by atoms with Crippen molar-refractivity contribution in [2.24, 2.45) is 11.5 Å². The second kappa shape index (κ2) is 15.1. The minimum Gasteiger partial charge on any atom is -0.491 e. The van der Waals surface area contributed by atoms with Gasteiger partial charge >= 0.3 is 0 Å². The van der Waals surface area contributed by atoms with Gasteiger partial charge in [-0.1, -0.05) is 24.3 Å². The second-order valence-electron chi connectivity index (χ2n) is 9.19. The Bertz CT molecular complexity index is 969. The van der Waals surface area contributed by atoms with Gasteiger partial charge in [-0.3, -0.25) is 9.59 Å². The highest BCUT2D eigenvalue weighted by molar-refractivity contribution is 8.02. The zero-order valence-corrected chi connectivity index (χ0v) is 23.7. The molecule has 0 fully saturated rings. The van der Waals surface area contributed by atoms with Crippen LogP contribution in [0.2, 0.25) is 0 Å². The van der Waals surface area contributed by atoms with Gasteiger partial charge in [0, 0.05) is 13.2 Å². The SMILES string of the molecule is CCOCC(O)COc1ccc(C(C)(SC(C)(C(N)=O)c2ccc(OCC(O)COCC)cc2)C(N)=O)cc1.